The Kier molecular flexibility index (Phi) is 4.12. The van der Waals surface area contributed by atoms with Crippen LogP contribution < -0.4 is 0 Å². The molecule has 0 bridgehead atoms. The van der Waals surface area contributed by atoms with Crippen LogP contribution in [0.5, 0.6) is 0 Å². The number of rotatable bonds is 3. The number of aliphatic carboxylic acids is 1. The maximum absolute atomic E-state index is 12.2. The molecule has 1 amide bonds. The summed E-state index contributed by atoms with van der Waals surface area (Å²) >= 11 is 0. The number of carboxylic acids is 1. The fourth-order valence-corrected chi connectivity index (χ4v) is 2.99. The fourth-order valence-electron chi connectivity index (χ4n) is 2.99. The highest BCUT2D eigenvalue weighted by molar-refractivity contribution is 5.81. The number of carbonyl (C=O) groups excluding carboxylic acids is 1. The van der Waals surface area contributed by atoms with Gasteiger partial charge in [-0.1, -0.05) is 36.8 Å². The average Bonchev–Trinajstić information content (AvgIpc) is 2.36. The standard InChI is InChI=1S/C16H21NO3/c1-10-4-6-13(7-5-10)9-17-12(3)15(16(19)20)11(2)8-14(17)18/h4-7,11-12,15H,8-9H2,1-3H3,(H,19,20). The zero-order chi connectivity index (χ0) is 14.9. The molecule has 2 rings (SSSR count). The molecule has 4 heteroatoms. The van der Waals surface area contributed by atoms with Crippen molar-refractivity contribution < 1.29 is 14.7 Å². The summed E-state index contributed by atoms with van der Waals surface area (Å²) < 4.78 is 0. The highest BCUT2D eigenvalue weighted by Crippen LogP contribution is 2.31. The minimum absolute atomic E-state index is 0.0445. The lowest BCUT2D eigenvalue weighted by molar-refractivity contribution is -0.155. The minimum atomic E-state index is -0.814. The van der Waals surface area contributed by atoms with Crippen LogP contribution in [0.25, 0.3) is 0 Å². The largest absolute Gasteiger partial charge is 0.481 e. The number of amides is 1. The molecular weight excluding hydrogens is 254 g/mol. The van der Waals surface area contributed by atoms with Crippen LogP contribution in [0.2, 0.25) is 0 Å². The Morgan fingerprint density at radius 3 is 2.45 bits per heavy atom. The monoisotopic (exact) mass is 275 g/mol. The Labute approximate surface area is 119 Å². The van der Waals surface area contributed by atoms with Gasteiger partial charge >= 0.3 is 5.97 Å². The number of benzene rings is 1. The number of aryl methyl sites for hydroxylation is 1. The van der Waals surface area contributed by atoms with Crippen molar-refractivity contribution in [3.05, 3.63) is 35.4 Å². The molecule has 1 aliphatic rings. The molecular formula is C16H21NO3. The van der Waals surface area contributed by atoms with Gasteiger partial charge in [0.1, 0.15) is 0 Å². The molecule has 1 N–H and O–H groups in total. The zero-order valence-electron chi connectivity index (χ0n) is 12.2. The summed E-state index contributed by atoms with van der Waals surface area (Å²) in [5.41, 5.74) is 2.21. The summed E-state index contributed by atoms with van der Waals surface area (Å²) in [6.07, 6.45) is 0.313. The lowest BCUT2D eigenvalue weighted by atomic mass is 9.81. The van der Waals surface area contributed by atoms with E-state index in [9.17, 15) is 14.7 Å². The predicted molar refractivity (Wildman–Crippen MR) is 76.1 cm³/mol. The van der Waals surface area contributed by atoms with Crippen molar-refractivity contribution in [1.82, 2.24) is 4.90 Å². The molecule has 1 aromatic carbocycles. The van der Waals surface area contributed by atoms with Crippen LogP contribution >= 0.6 is 0 Å². The molecule has 1 aromatic rings. The molecule has 1 fully saturated rings. The normalized spacial score (nSPS) is 26.6. The Morgan fingerprint density at radius 1 is 1.30 bits per heavy atom. The van der Waals surface area contributed by atoms with E-state index in [4.69, 9.17) is 0 Å². The Balaban J connectivity index is 2.19. The van der Waals surface area contributed by atoms with Crippen LogP contribution in [0, 0.1) is 18.8 Å². The number of carboxylic acid groups (broad SMARTS) is 1. The van der Waals surface area contributed by atoms with Gasteiger partial charge in [0, 0.05) is 19.0 Å². The summed E-state index contributed by atoms with van der Waals surface area (Å²) in [7, 11) is 0. The van der Waals surface area contributed by atoms with Gasteiger partial charge in [-0.3, -0.25) is 9.59 Å². The second kappa shape index (κ2) is 5.65. The van der Waals surface area contributed by atoms with Crippen LogP contribution in [0.1, 0.15) is 31.4 Å². The molecule has 0 aromatic heterocycles. The van der Waals surface area contributed by atoms with Gasteiger partial charge in [-0.05, 0) is 25.3 Å². The summed E-state index contributed by atoms with van der Waals surface area (Å²) in [4.78, 5) is 25.3. The number of hydrogen-bond donors (Lipinski definition) is 1. The summed E-state index contributed by atoms with van der Waals surface area (Å²) in [6.45, 7) is 6.17. The number of carbonyl (C=O) groups is 2. The molecule has 1 aliphatic heterocycles. The number of nitrogens with zero attached hydrogens (tertiary/aromatic N) is 1. The topological polar surface area (TPSA) is 57.6 Å². The van der Waals surface area contributed by atoms with Gasteiger partial charge in [-0.15, -0.1) is 0 Å². The van der Waals surface area contributed by atoms with Crippen molar-refractivity contribution >= 4 is 11.9 Å². The van der Waals surface area contributed by atoms with E-state index in [0.29, 0.717) is 13.0 Å². The van der Waals surface area contributed by atoms with E-state index in [0.717, 1.165) is 5.56 Å². The Hall–Kier alpha value is -1.84. The predicted octanol–water partition coefficient (Wildman–Crippen LogP) is 2.45. The first kappa shape index (κ1) is 14.6. The zero-order valence-corrected chi connectivity index (χ0v) is 12.2. The Morgan fingerprint density at radius 2 is 1.90 bits per heavy atom. The van der Waals surface area contributed by atoms with Crippen molar-refractivity contribution in [2.75, 3.05) is 0 Å². The lowest BCUT2D eigenvalue weighted by Gasteiger charge is -2.40. The molecule has 4 nitrogen and oxygen atoms in total. The van der Waals surface area contributed by atoms with E-state index in [2.05, 4.69) is 0 Å². The second-order valence-corrected chi connectivity index (χ2v) is 5.79. The maximum atomic E-state index is 12.2. The third-order valence-corrected chi connectivity index (χ3v) is 4.20. The van der Waals surface area contributed by atoms with Gasteiger partial charge in [0.2, 0.25) is 5.91 Å². The van der Waals surface area contributed by atoms with E-state index in [1.165, 1.54) is 5.56 Å². The Bertz CT molecular complexity index is 509. The van der Waals surface area contributed by atoms with E-state index in [1.807, 2.05) is 45.0 Å². The van der Waals surface area contributed by atoms with Gasteiger partial charge in [0.25, 0.3) is 0 Å². The SMILES string of the molecule is Cc1ccc(CN2C(=O)CC(C)C(C(=O)O)C2C)cc1. The minimum Gasteiger partial charge on any atom is -0.481 e. The average molecular weight is 275 g/mol. The molecule has 3 unspecified atom stereocenters. The van der Waals surface area contributed by atoms with Gasteiger partial charge in [-0.25, -0.2) is 0 Å². The third-order valence-electron chi connectivity index (χ3n) is 4.20. The number of hydrogen-bond acceptors (Lipinski definition) is 2. The lowest BCUT2D eigenvalue weighted by Crippen LogP contribution is -2.52. The second-order valence-electron chi connectivity index (χ2n) is 5.79. The van der Waals surface area contributed by atoms with Crippen molar-refractivity contribution in [3.63, 3.8) is 0 Å². The summed E-state index contributed by atoms with van der Waals surface area (Å²) in [6, 6.07) is 7.72. The fraction of sp³-hybridized carbons (Fsp3) is 0.500. The molecule has 0 radical (unpaired) electrons. The molecule has 3 atom stereocenters. The first-order valence-electron chi connectivity index (χ1n) is 6.98. The van der Waals surface area contributed by atoms with Crippen LogP contribution in [-0.4, -0.2) is 27.9 Å². The first-order chi connectivity index (χ1) is 9.40. The van der Waals surface area contributed by atoms with Crippen molar-refractivity contribution in [1.29, 1.82) is 0 Å². The van der Waals surface area contributed by atoms with Crippen LogP contribution in [0.15, 0.2) is 24.3 Å². The van der Waals surface area contributed by atoms with Gasteiger partial charge < -0.3 is 10.0 Å². The first-order valence-corrected chi connectivity index (χ1v) is 6.98. The van der Waals surface area contributed by atoms with Crippen molar-refractivity contribution in [2.24, 2.45) is 11.8 Å². The van der Waals surface area contributed by atoms with E-state index in [-0.39, 0.29) is 17.9 Å². The molecule has 0 aliphatic carbocycles. The van der Waals surface area contributed by atoms with E-state index >= 15 is 0 Å². The quantitative estimate of drug-likeness (QED) is 0.921. The highest BCUT2D eigenvalue weighted by Gasteiger charge is 2.41. The van der Waals surface area contributed by atoms with Crippen LogP contribution in [-0.2, 0) is 16.1 Å². The molecule has 0 saturated carbocycles. The smallest absolute Gasteiger partial charge is 0.308 e. The van der Waals surface area contributed by atoms with Crippen LogP contribution in [0.3, 0.4) is 0 Å². The summed E-state index contributed by atoms with van der Waals surface area (Å²) in [5, 5.41) is 9.35. The van der Waals surface area contributed by atoms with Crippen molar-refractivity contribution in [2.45, 2.75) is 39.8 Å². The van der Waals surface area contributed by atoms with E-state index < -0.39 is 11.9 Å². The third kappa shape index (κ3) is 2.84. The van der Waals surface area contributed by atoms with Gasteiger partial charge in [0.15, 0.2) is 0 Å². The molecule has 1 heterocycles. The molecule has 20 heavy (non-hydrogen) atoms. The summed E-state index contributed by atoms with van der Waals surface area (Å²) in [5.74, 6) is -1.36. The van der Waals surface area contributed by atoms with Crippen molar-refractivity contribution in [3.8, 4) is 0 Å². The van der Waals surface area contributed by atoms with Crippen LogP contribution in [0.4, 0.5) is 0 Å². The number of piperidine rings is 1. The van der Waals surface area contributed by atoms with Gasteiger partial charge in [-0.2, -0.15) is 0 Å². The van der Waals surface area contributed by atoms with Gasteiger partial charge in [0.05, 0.1) is 5.92 Å². The molecule has 1 saturated heterocycles. The maximum Gasteiger partial charge on any atom is 0.308 e. The van der Waals surface area contributed by atoms with E-state index in [1.54, 1.807) is 4.90 Å². The molecule has 0 spiro atoms. The number of likely N-dealkylation sites (tertiary alicyclic amines) is 1. The highest BCUT2D eigenvalue weighted by atomic mass is 16.4. The molecule has 108 valence electrons.